The fourth-order valence-corrected chi connectivity index (χ4v) is 2.65. The SMILES string of the molecule is CN(C)Nc1ncnc(Oc2ccc(Br)c3cccnc23)c1[N+](=O)[O-]. The highest BCUT2D eigenvalue weighted by Crippen LogP contribution is 2.37. The summed E-state index contributed by atoms with van der Waals surface area (Å²) in [6.07, 6.45) is 2.82. The van der Waals surface area contributed by atoms with E-state index in [0.29, 0.717) is 11.3 Å². The Morgan fingerprint density at radius 2 is 2.04 bits per heavy atom. The van der Waals surface area contributed by atoms with Gasteiger partial charge in [0.2, 0.25) is 5.82 Å². The fraction of sp³-hybridized carbons (Fsp3) is 0.133. The normalized spacial score (nSPS) is 10.9. The summed E-state index contributed by atoms with van der Waals surface area (Å²) >= 11 is 3.45. The molecule has 1 aromatic carbocycles. The maximum atomic E-state index is 11.5. The van der Waals surface area contributed by atoms with Gasteiger partial charge in [0.15, 0.2) is 5.75 Å². The number of anilines is 1. The molecule has 0 spiro atoms. The highest BCUT2D eigenvalue weighted by Gasteiger charge is 2.26. The van der Waals surface area contributed by atoms with Crippen molar-refractivity contribution in [2.24, 2.45) is 0 Å². The highest BCUT2D eigenvalue weighted by atomic mass is 79.9. The fourth-order valence-electron chi connectivity index (χ4n) is 2.19. The Hall–Kier alpha value is -2.85. The number of ether oxygens (including phenoxy) is 1. The van der Waals surface area contributed by atoms with Crippen molar-refractivity contribution in [1.82, 2.24) is 20.0 Å². The second-order valence-corrected chi connectivity index (χ2v) is 6.04. The smallest absolute Gasteiger partial charge is 0.374 e. The molecule has 0 aliphatic carbocycles. The Balaban J connectivity index is 2.10. The Bertz CT molecular complexity index is 950. The number of hydrazine groups is 1. The van der Waals surface area contributed by atoms with Crippen LogP contribution in [-0.4, -0.2) is 39.0 Å². The third-order valence-electron chi connectivity index (χ3n) is 3.19. The van der Waals surface area contributed by atoms with Crippen LogP contribution in [0.2, 0.25) is 0 Å². The van der Waals surface area contributed by atoms with Gasteiger partial charge in [-0.25, -0.2) is 9.99 Å². The molecule has 0 bridgehead atoms. The summed E-state index contributed by atoms with van der Waals surface area (Å²) in [4.78, 5) is 23.0. The first-order chi connectivity index (χ1) is 12.0. The Morgan fingerprint density at radius 1 is 1.24 bits per heavy atom. The number of benzene rings is 1. The van der Waals surface area contributed by atoms with Crippen molar-refractivity contribution in [3.63, 3.8) is 0 Å². The summed E-state index contributed by atoms with van der Waals surface area (Å²) in [7, 11) is 3.39. The van der Waals surface area contributed by atoms with Crippen LogP contribution in [0.15, 0.2) is 41.3 Å². The molecule has 25 heavy (non-hydrogen) atoms. The number of fused-ring (bicyclic) bond motifs is 1. The molecule has 0 aliphatic rings. The van der Waals surface area contributed by atoms with Crippen LogP contribution >= 0.6 is 15.9 Å². The number of rotatable bonds is 5. The number of hydrogen-bond acceptors (Lipinski definition) is 8. The first-order valence-electron chi connectivity index (χ1n) is 7.12. The predicted octanol–water partition coefficient (Wildman–Crippen LogP) is 3.38. The molecule has 10 heteroatoms. The molecule has 3 aromatic rings. The molecule has 1 N–H and O–H groups in total. The summed E-state index contributed by atoms with van der Waals surface area (Å²) in [5, 5.41) is 13.9. The molecular formula is C15H13BrN6O3. The lowest BCUT2D eigenvalue weighted by molar-refractivity contribution is -0.385. The quantitative estimate of drug-likeness (QED) is 0.509. The minimum absolute atomic E-state index is 0.0365. The van der Waals surface area contributed by atoms with Gasteiger partial charge in [-0.2, -0.15) is 4.98 Å². The van der Waals surface area contributed by atoms with Crippen LogP contribution < -0.4 is 10.2 Å². The van der Waals surface area contributed by atoms with Gasteiger partial charge in [0.1, 0.15) is 11.8 Å². The monoisotopic (exact) mass is 404 g/mol. The van der Waals surface area contributed by atoms with Crippen molar-refractivity contribution >= 4 is 38.3 Å². The lowest BCUT2D eigenvalue weighted by Crippen LogP contribution is -2.21. The lowest BCUT2D eigenvalue weighted by Gasteiger charge is -2.14. The molecule has 2 heterocycles. The maximum Gasteiger partial charge on any atom is 0.374 e. The van der Waals surface area contributed by atoms with Crippen LogP contribution in [0.4, 0.5) is 11.5 Å². The largest absolute Gasteiger partial charge is 0.431 e. The van der Waals surface area contributed by atoms with Crippen molar-refractivity contribution < 1.29 is 9.66 Å². The van der Waals surface area contributed by atoms with Crippen LogP contribution in [0.25, 0.3) is 10.9 Å². The van der Waals surface area contributed by atoms with Crippen molar-refractivity contribution in [2.45, 2.75) is 0 Å². The van der Waals surface area contributed by atoms with E-state index >= 15 is 0 Å². The van der Waals surface area contributed by atoms with E-state index in [1.165, 1.54) is 11.3 Å². The number of nitrogens with zero attached hydrogens (tertiary/aromatic N) is 5. The summed E-state index contributed by atoms with van der Waals surface area (Å²) < 4.78 is 6.57. The Labute approximate surface area is 150 Å². The third kappa shape index (κ3) is 3.49. The Morgan fingerprint density at radius 3 is 2.76 bits per heavy atom. The molecule has 128 valence electrons. The lowest BCUT2D eigenvalue weighted by atomic mass is 10.2. The van der Waals surface area contributed by atoms with E-state index in [9.17, 15) is 10.1 Å². The zero-order chi connectivity index (χ0) is 18.0. The first-order valence-corrected chi connectivity index (χ1v) is 7.91. The topological polar surface area (TPSA) is 106 Å². The average Bonchev–Trinajstić information content (AvgIpc) is 2.57. The van der Waals surface area contributed by atoms with Crippen molar-refractivity contribution in [1.29, 1.82) is 0 Å². The van der Waals surface area contributed by atoms with Crippen LogP contribution in [-0.2, 0) is 0 Å². The molecule has 0 radical (unpaired) electrons. The molecular weight excluding hydrogens is 392 g/mol. The van der Waals surface area contributed by atoms with Crippen molar-refractivity contribution in [2.75, 3.05) is 19.5 Å². The minimum Gasteiger partial charge on any atom is -0.431 e. The molecule has 0 saturated carbocycles. The zero-order valence-corrected chi connectivity index (χ0v) is 14.9. The van der Waals surface area contributed by atoms with Gasteiger partial charge in [0.05, 0.1) is 4.92 Å². The average molecular weight is 405 g/mol. The number of nitrogens with one attached hydrogen (secondary N) is 1. The number of halogens is 1. The van der Waals surface area contributed by atoms with Crippen LogP contribution in [0.5, 0.6) is 11.6 Å². The van der Waals surface area contributed by atoms with Gasteiger partial charge >= 0.3 is 11.6 Å². The maximum absolute atomic E-state index is 11.5. The second-order valence-electron chi connectivity index (χ2n) is 5.19. The molecule has 0 atom stereocenters. The van der Waals surface area contributed by atoms with Crippen LogP contribution in [0, 0.1) is 10.1 Å². The molecule has 0 fully saturated rings. The summed E-state index contributed by atoms with van der Waals surface area (Å²) in [5.41, 5.74) is 2.97. The number of nitro groups is 1. The van der Waals surface area contributed by atoms with Gasteiger partial charge in [-0.3, -0.25) is 20.5 Å². The third-order valence-corrected chi connectivity index (χ3v) is 3.88. The van der Waals surface area contributed by atoms with Crippen molar-refractivity contribution in [3.05, 3.63) is 51.4 Å². The van der Waals surface area contributed by atoms with Crippen molar-refractivity contribution in [3.8, 4) is 11.6 Å². The van der Waals surface area contributed by atoms with Gasteiger partial charge < -0.3 is 4.74 Å². The first kappa shape index (κ1) is 17.0. The van der Waals surface area contributed by atoms with E-state index in [1.807, 2.05) is 6.07 Å². The minimum atomic E-state index is -0.588. The van der Waals surface area contributed by atoms with E-state index < -0.39 is 4.92 Å². The van der Waals surface area contributed by atoms with Crippen LogP contribution in [0.1, 0.15) is 0 Å². The molecule has 0 aliphatic heterocycles. The van der Waals surface area contributed by atoms with E-state index in [-0.39, 0.29) is 17.4 Å². The van der Waals surface area contributed by atoms with E-state index in [4.69, 9.17) is 4.74 Å². The molecule has 0 amide bonds. The Kier molecular flexibility index (Phi) is 4.72. The molecule has 9 nitrogen and oxygen atoms in total. The number of pyridine rings is 1. The summed E-state index contributed by atoms with van der Waals surface area (Å²) in [6.45, 7) is 0. The van der Waals surface area contributed by atoms with E-state index in [0.717, 1.165) is 9.86 Å². The van der Waals surface area contributed by atoms with Crippen LogP contribution in [0.3, 0.4) is 0 Å². The van der Waals surface area contributed by atoms with E-state index in [2.05, 4.69) is 36.3 Å². The van der Waals surface area contributed by atoms with Gasteiger partial charge in [0.25, 0.3) is 0 Å². The molecule has 3 rings (SSSR count). The number of hydrogen-bond donors (Lipinski definition) is 1. The second kappa shape index (κ2) is 6.95. The summed E-state index contributed by atoms with van der Waals surface area (Å²) in [6, 6.07) is 7.12. The predicted molar refractivity (Wildman–Crippen MR) is 95.5 cm³/mol. The molecule has 0 saturated heterocycles. The highest BCUT2D eigenvalue weighted by molar-refractivity contribution is 9.10. The standard InChI is InChI=1S/C15H13BrN6O3/c1-21(2)20-14-13(22(23)24)15(19-8-18-14)25-11-6-5-10(16)9-4-3-7-17-12(9)11/h3-8H,1-2H3,(H,18,19,20). The number of aromatic nitrogens is 3. The van der Waals surface area contributed by atoms with Gasteiger partial charge in [-0.1, -0.05) is 22.0 Å². The summed E-state index contributed by atoms with van der Waals surface area (Å²) in [5.74, 6) is 0.226. The molecule has 2 aromatic heterocycles. The van der Waals surface area contributed by atoms with E-state index in [1.54, 1.807) is 38.5 Å². The zero-order valence-electron chi connectivity index (χ0n) is 13.3. The molecule has 0 unspecified atom stereocenters. The van der Waals surface area contributed by atoms with Gasteiger partial charge in [0, 0.05) is 30.2 Å². The van der Waals surface area contributed by atoms with Gasteiger partial charge in [-0.05, 0) is 18.2 Å². The van der Waals surface area contributed by atoms with Gasteiger partial charge in [-0.15, -0.1) is 0 Å².